The maximum absolute atomic E-state index is 12.1. The number of carbonyl (C=O) groups is 2. The predicted molar refractivity (Wildman–Crippen MR) is 105 cm³/mol. The molecule has 6 heteroatoms. The quantitative estimate of drug-likeness (QED) is 0.847. The molecule has 1 aliphatic heterocycles. The van der Waals surface area contributed by atoms with Gasteiger partial charge < -0.3 is 19.7 Å². The summed E-state index contributed by atoms with van der Waals surface area (Å²) in [6.07, 6.45) is 2.57. The van der Waals surface area contributed by atoms with Crippen LogP contribution in [-0.4, -0.2) is 32.1 Å². The summed E-state index contributed by atoms with van der Waals surface area (Å²) in [5, 5.41) is 2.82. The topological polar surface area (TPSA) is 67.9 Å². The van der Waals surface area contributed by atoms with E-state index in [4.69, 9.17) is 9.47 Å². The van der Waals surface area contributed by atoms with E-state index in [0.717, 1.165) is 36.4 Å². The maximum atomic E-state index is 12.1. The Morgan fingerprint density at radius 1 is 1.11 bits per heavy atom. The Bertz CT molecular complexity index is 817. The first kappa shape index (κ1) is 18.8. The van der Waals surface area contributed by atoms with Gasteiger partial charge in [0.25, 0.3) is 5.91 Å². The first-order valence-corrected chi connectivity index (χ1v) is 9.04. The molecule has 0 spiro atoms. The summed E-state index contributed by atoms with van der Waals surface area (Å²) in [7, 11) is 1.59. The molecule has 0 aliphatic carbocycles. The molecule has 1 saturated heterocycles. The highest BCUT2D eigenvalue weighted by atomic mass is 16.5. The molecular formula is C21H24N2O4. The largest absolute Gasteiger partial charge is 0.497 e. The first-order valence-electron chi connectivity index (χ1n) is 9.04. The van der Waals surface area contributed by atoms with Crippen molar-refractivity contribution in [2.75, 3.05) is 30.5 Å². The molecule has 0 bridgehead atoms. The molecule has 2 amide bonds. The number of nitrogens with zero attached hydrogens (tertiary/aromatic N) is 1. The van der Waals surface area contributed by atoms with Crippen molar-refractivity contribution in [1.29, 1.82) is 0 Å². The smallest absolute Gasteiger partial charge is 0.262 e. The van der Waals surface area contributed by atoms with Gasteiger partial charge in [0.15, 0.2) is 6.61 Å². The highest BCUT2D eigenvalue weighted by Gasteiger charge is 2.21. The lowest BCUT2D eigenvalue weighted by Crippen LogP contribution is -2.35. The van der Waals surface area contributed by atoms with Crippen molar-refractivity contribution in [3.63, 3.8) is 0 Å². The molecule has 2 aromatic carbocycles. The lowest BCUT2D eigenvalue weighted by atomic mass is 10.1. The molecule has 6 nitrogen and oxygen atoms in total. The first-order chi connectivity index (χ1) is 13.1. The molecule has 1 N–H and O–H groups in total. The number of ether oxygens (including phenoxy) is 2. The van der Waals surface area contributed by atoms with E-state index in [9.17, 15) is 9.59 Å². The maximum Gasteiger partial charge on any atom is 0.262 e. The van der Waals surface area contributed by atoms with Crippen LogP contribution in [0.15, 0.2) is 42.5 Å². The number of methoxy groups -OCH3 is 1. The number of nitrogens with one attached hydrogen (secondary N) is 1. The Kier molecular flexibility index (Phi) is 5.96. The Hall–Kier alpha value is -3.02. The van der Waals surface area contributed by atoms with Gasteiger partial charge >= 0.3 is 0 Å². The predicted octanol–water partition coefficient (Wildman–Crippen LogP) is 3.54. The van der Waals surface area contributed by atoms with E-state index in [1.807, 2.05) is 30.0 Å². The number of amides is 2. The molecule has 1 heterocycles. The van der Waals surface area contributed by atoms with Gasteiger partial charge in [0.05, 0.1) is 7.11 Å². The summed E-state index contributed by atoms with van der Waals surface area (Å²) in [6.45, 7) is 2.61. The van der Waals surface area contributed by atoms with E-state index < -0.39 is 0 Å². The summed E-state index contributed by atoms with van der Waals surface area (Å²) in [4.78, 5) is 26.1. The van der Waals surface area contributed by atoms with Crippen molar-refractivity contribution in [2.45, 2.75) is 26.2 Å². The van der Waals surface area contributed by atoms with Crippen LogP contribution in [0.3, 0.4) is 0 Å². The molecule has 0 aromatic heterocycles. The van der Waals surface area contributed by atoms with Gasteiger partial charge in [-0.15, -0.1) is 0 Å². The van der Waals surface area contributed by atoms with Crippen LogP contribution in [0.1, 0.15) is 24.8 Å². The van der Waals surface area contributed by atoms with Crippen molar-refractivity contribution in [2.24, 2.45) is 0 Å². The summed E-state index contributed by atoms with van der Waals surface area (Å²) in [6, 6.07) is 12.6. The second kappa shape index (κ2) is 8.58. The Balaban J connectivity index is 1.57. The molecule has 0 atom stereocenters. The van der Waals surface area contributed by atoms with E-state index in [1.165, 1.54) is 0 Å². The molecular weight excluding hydrogens is 344 g/mol. The molecule has 0 radical (unpaired) electrons. The SMILES string of the molecule is COc1ccc(OCC(=O)Nc2ccc(N3CCCCC3=O)c(C)c2)cc1. The molecule has 0 unspecified atom stereocenters. The van der Waals surface area contributed by atoms with Gasteiger partial charge in [0.1, 0.15) is 11.5 Å². The molecule has 1 aliphatic rings. The molecule has 142 valence electrons. The Morgan fingerprint density at radius 2 is 1.85 bits per heavy atom. The van der Waals surface area contributed by atoms with Gasteiger partial charge in [-0.2, -0.15) is 0 Å². The van der Waals surface area contributed by atoms with Crippen LogP contribution in [0.4, 0.5) is 11.4 Å². The fourth-order valence-electron chi connectivity index (χ4n) is 3.11. The lowest BCUT2D eigenvalue weighted by molar-refractivity contribution is -0.119. The second-order valence-corrected chi connectivity index (χ2v) is 6.52. The van der Waals surface area contributed by atoms with Crippen LogP contribution in [0.25, 0.3) is 0 Å². The van der Waals surface area contributed by atoms with Crippen molar-refractivity contribution < 1.29 is 19.1 Å². The fraction of sp³-hybridized carbons (Fsp3) is 0.333. The van der Waals surface area contributed by atoms with Crippen LogP contribution < -0.4 is 19.7 Å². The summed E-state index contributed by atoms with van der Waals surface area (Å²) >= 11 is 0. The molecule has 27 heavy (non-hydrogen) atoms. The highest BCUT2D eigenvalue weighted by Crippen LogP contribution is 2.27. The van der Waals surface area contributed by atoms with E-state index in [-0.39, 0.29) is 18.4 Å². The van der Waals surface area contributed by atoms with Crippen LogP contribution in [0.5, 0.6) is 11.5 Å². The van der Waals surface area contributed by atoms with Gasteiger partial charge in [-0.1, -0.05) is 0 Å². The third-order valence-electron chi connectivity index (χ3n) is 4.52. The number of piperidine rings is 1. The van der Waals surface area contributed by atoms with E-state index in [0.29, 0.717) is 17.9 Å². The van der Waals surface area contributed by atoms with Crippen molar-refractivity contribution in [3.05, 3.63) is 48.0 Å². The number of aryl methyl sites for hydroxylation is 1. The minimum absolute atomic E-state index is 0.0856. The van der Waals surface area contributed by atoms with Crippen molar-refractivity contribution in [1.82, 2.24) is 0 Å². The van der Waals surface area contributed by atoms with Crippen LogP contribution in [-0.2, 0) is 9.59 Å². The van der Waals surface area contributed by atoms with Gasteiger partial charge in [0, 0.05) is 24.3 Å². The average Bonchev–Trinajstić information content (AvgIpc) is 2.68. The Morgan fingerprint density at radius 3 is 2.52 bits per heavy atom. The van der Waals surface area contributed by atoms with Gasteiger partial charge in [-0.25, -0.2) is 0 Å². The zero-order valence-corrected chi connectivity index (χ0v) is 15.7. The summed E-state index contributed by atoms with van der Waals surface area (Å²) in [5.41, 5.74) is 2.55. The minimum Gasteiger partial charge on any atom is -0.497 e. The summed E-state index contributed by atoms with van der Waals surface area (Å²) in [5.74, 6) is 1.25. The third-order valence-corrected chi connectivity index (χ3v) is 4.52. The van der Waals surface area contributed by atoms with Crippen molar-refractivity contribution in [3.8, 4) is 11.5 Å². The minimum atomic E-state index is -0.244. The molecule has 3 rings (SSSR count). The van der Waals surface area contributed by atoms with Gasteiger partial charge in [-0.05, 0) is 67.8 Å². The van der Waals surface area contributed by atoms with E-state index in [2.05, 4.69) is 5.32 Å². The van der Waals surface area contributed by atoms with Crippen molar-refractivity contribution >= 4 is 23.2 Å². The zero-order chi connectivity index (χ0) is 19.2. The Labute approximate surface area is 159 Å². The highest BCUT2D eigenvalue weighted by molar-refractivity contribution is 5.96. The second-order valence-electron chi connectivity index (χ2n) is 6.52. The molecule has 1 fully saturated rings. The van der Waals surface area contributed by atoms with E-state index in [1.54, 1.807) is 31.4 Å². The number of hydrogen-bond acceptors (Lipinski definition) is 4. The number of benzene rings is 2. The number of anilines is 2. The van der Waals surface area contributed by atoms with Crippen LogP contribution in [0, 0.1) is 6.92 Å². The van der Waals surface area contributed by atoms with Crippen LogP contribution >= 0.6 is 0 Å². The zero-order valence-electron chi connectivity index (χ0n) is 15.7. The normalized spacial score (nSPS) is 14.0. The third kappa shape index (κ3) is 4.78. The number of carbonyl (C=O) groups excluding carboxylic acids is 2. The average molecular weight is 368 g/mol. The molecule has 0 saturated carbocycles. The van der Waals surface area contributed by atoms with Gasteiger partial charge in [0.2, 0.25) is 5.91 Å². The number of rotatable bonds is 6. The lowest BCUT2D eigenvalue weighted by Gasteiger charge is -2.28. The summed E-state index contributed by atoms with van der Waals surface area (Å²) < 4.78 is 10.6. The van der Waals surface area contributed by atoms with Gasteiger partial charge in [-0.3, -0.25) is 9.59 Å². The van der Waals surface area contributed by atoms with E-state index >= 15 is 0 Å². The molecule has 2 aromatic rings. The number of hydrogen-bond donors (Lipinski definition) is 1. The van der Waals surface area contributed by atoms with Crippen LogP contribution in [0.2, 0.25) is 0 Å². The monoisotopic (exact) mass is 368 g/mol. The standard InChI is InChI=1S/C21H24N2O4/c1-15-13-16(6-11-19(15)23-12-4-3-5-21(23)25)22-20(24)14-27-18-9-7-17(26-2)8-10-18/h6-11,13H,3-5,12,14H2,1-2H3,(H,22,24). The fourth-order valence-corrected chi connectivity index (χ4v) is 3.11.